The third kappa shape index (κ3) is 2.59. The Labute approximate surface area is 116 Å². The Bertz CT molecular complexity index is 544. The van der Waals surface area contributed by atoms with E-state index in [4.69, 9.17) is 9.84 Å². The largest absolute Gasteiger partial charge is 0.478 e. The number of hydrogen-bond donors (Lipinski definition) is 1. The Morgan fingerprint density at radius 3 is 2.90 bits per heavy atom. The number of carboxylic acids is 1. The predicted octanol–water partition coefficient (Wildman–Crippen LogP) is 1.58. The molecule has 0 saturated heterocycles. The highest BCUT2D eigenvalue weighted by atomic mass is 16.5. The maximum atomic E-state index is 12.4. The van der Waals surface area contributed by atoms with Gasteiger partial charge in [0, 0.05) is 13.6 Å². The van der Waals surface area contributed by atoms with Gasteiger partial charge in [-0.25, -0.2) is 9.59 Å². The van der Waals surface area contributed by atoms with E-state index in [2.05, 4.69) is 6.58 Å². The van der Waals surface area contributed by atoms with Gasteiger partial charge in [0.15, 0.2) is 0 Å². The molecular formula is C14H16N2O4. The van der Waals surface area contributed by atoms with Crippen LogP contribution in [-0.2, 0) is 4.79 Å². The number of amides is 2. The van der Waals surface area contributed by atoms with Crippen LogP contribution in [0, 0.1) is 0 Å². The molecule has 6 heteroatoms. The number of fused-ring (bicyclic) bond motifs is 1. The number of carboxylic acid groups (broad SMARTS) is 1. The average Bonchev–Trinajstić information content (AvgIpc) is 2.45. The van der Waals surface area contributed by atoms with E-state index in [0.29, 0.717) is 18.0 Å². The van der Waals surface area contributed by atoms with Crippen molar-refractivity contribution >= 4 is 17.7 Å². The molecule has 106 valence electrons. The first-order chi connectivity index (χ1) is 9.54. The number of aliphatic carboxylic acids is 1. The van der Waals surface area contributed by atoms with Gasteiger partial charge in [0.1, 0.15) is 5.75 Å². The van der Waals surface area contributed by atoms with E-state index in [1.165, 1.54) is 9.80 Å². The van der Waals surface area contributed by atoms with E-state index in [1.54, 1.807) is 37.4 Å². The van der Waals surface area contributed by atoms with E-state index in [1.807, 2.05) is 0 Å². The first-order valence-electron chi connectivity index (χ1n) is 6.16. The minimum Gasteiger partial charge on any atom is -0.478 e. The van der Waals surface area contributed by atoms with Gasteiger partial charge in [0.2, 0.25) is 6.10 Å². The molecule has 1 aromatic carbocycles. The summed E-state index contributed by atoms with van der Waals surface area (Å²) in [4.78, 5) is 26.4. The fourth-order valence-electron chi connectivity index (χ4n) is 2.02. The summed E-state index contributed by atoms with van der Waals surface area (Å²) >= 11 is 0. The van der Waals surface area contributed by atoms with E-state index < -0.39 is 12.1 Å². The molecule has 6 nitrogen and oxygen atoms in total. The Morgan fingerprint density at radius 2 is 2.25 bits per heavy atom. The molecule has 0 saturated carbocycles. The lowest BCUT2D eigenvalue weighted by molar-refractivity contribution is -0.144. The smallest absolute Gasteiger partial charge is 0.346 e. The van der Waals surface area contributed by atoms with Crippen molar-refractivity contribution in [1.29, 1.82) is 0 Å². The predicted molar refractivity (Wildman–Crippen MR) is 74.1 cm³/mol. The number of carbonyl (C=O) groups is 2. The number of likely N-dealkylation sites (N-methyl/N-ethyl adjacent to an activating group) is 1. The second-order valence-corrected chi connectivity index (χ2v) is 4.47. The number of rotatable bonds is 3. The lowest BCUT2D eigenvalue weighted by atomic mass is 10.2. The van der Waals surface area contributed by atoms with Crippen LogP contribution < -0.4 is 9.64 Å². The van der Waals surface area contributed by atoms with E-state index in [9.17, 15) is 9.59 Å². The van der Waals surface area contributed by atoms with Crippen LogP contribution in [0.25, 0.3) is 0 Å². The number of hydrogen-bond acceptors (Lipinski definition) is 3. The van der Waals surface area contributed by atoms with Crippen LogP contribution in [0.15, 0.2) is 36.9 Å². The molecule has 1 aliphatic heterocycles. The first-order valence-corrected chi connectivity index (χ1v) is 6.16. The summed E-state index contributed by atoms with van der Waals surface area (Å²) in [5, 5.41) is 9.11. The summed E-state index contributed by atoms with van der Waals surface area (Å²) < 4.78 is 5.38. The lowest BCUT2D eigenvalue weighted by Gasteiger charge is -2.35. The average molecular weight is 276 g/mol. The van der Waals surface area contributed by atoms with E-state index in [-0.39, 0.29) is 12.6 Å². The second-order valence-electron chi connectivity index (χ2n) is 4.47. The van der Waals surface area contributed by atoms with Gasteiger partial charge in [0.25, 0.3) is 0 Å². The van der Waals surface area contributed by atoms with Crippen molar-refractivity contribution in [1.82, 2.24) is 4.90 Å². The number of carbonyl (C=O) groups excluding carboxylic acids is 1. The molecule has 0 aliphatic carbocycles. The van der Waals surface area contributed by atoms with Crippen molar-refractivity contribution in [2.45, 2.75) is 6.10 Å². The molecule has 0 aromatic heterocycles. The van der Waals surface area contributed by atoms with E-state index in [0.717, 1.165) is 0 Å². The highest BCUT2D eigenvalue weighted by Crippen LogP contribution is 2.33. The monoisotopic (exact) mass is 276 g/mol. The molecule has 1 heterocycles. The van der Waals surface area contributed by atoms with Crippen molar-refractivity contribution in [3.63, 3.8) is 0 Å². The van der Waals surface area contributed by atoms with Crippen LogP contribution in [0.4, 0.5) is 10.5 Å². The Kier molecular flexibility index (Phi) is 3.93. The Hall–Kier alpha value is -2.50. The first kappa shape index (κ1) is 13.9. The fourth-order valence-corrected chi connectivity index (χ4v) is 2.02. The standard InChI is InChI=1S/C14H16N2O4/c1-3-8-15(2)14(19)16-9-12(13(17)18)20-11-7-5-4-6-10(11)16/h3-7,12H,1,8-9H2,2H3,(H,17,18). The third-order valence-electron chi connectivity index (χ3n) is 3.01. The normalized spacial score (nSPS) is 16.9. The third-order valence-corrected chi connectivity index (χ3v) is 3.01. The van der Waals surface area contributed by atoms with Crippen molar-refractivity contribution in [2.75, 3.05) is 25.0 Å². The zero-order valence-corrected chi connectivity index (χ0v) is 11.2. The van der Waals surface area contributed by atoms with Gasteiger partial charge in [-0.15, -0.1) is 6.58 Å². The number of ether oxygens (including phenoxy) is 1. The number of para-hydroxylation sites is 2. The van der Waals surface area contributed by atoms with Crippen molar-refractivity contribution in [2.24, 2.45) is 0 Å². The zero-order valence-electron chi connectivity index (χ0n) is 11.2. The minimum atomic E-state index is -1.09. The zero-order chi connectivity index (χ0) is 14.7. The molecule has 2 rings (SSSR count). The van der Waals surface area contributed by atoms with Crippen LogP contribution in [0.5, 0.6) is 5.75 Å². The number of nitrogens with zero attached hydrogens (tertiary/aromatic N) is 2. The van der Waals surface area contributed by atoms with Gasteiger partial charge in [0.05, 0.1) is 12.2 Å². The molecule has 1 N–H and O–H groups in total. The molecule has 1 atom stereocenters. The quantitative estimate of drug-likeness (QED) is 0.851. The van der Waals surface area contributed by atoms with Crippen molar-refractivity contribution in [3.8, 4) is 5.75 Å². The van der Waals surface area contributed by atoms with Crippen molar-refractivity contribution < 1.29 is 19.4 Å². The summed E-state index contributed by atoms with van der Waals surface area (Å²) in [5.41, 5.74) is 0.575. The van der Waals surface area contributed by atoms with E-state index >= 15 is 0 Å². The molecule has 1 aliphatic rings. The molecule has 0 fully saturated rings. The summed E-state index contributed by atoms with van der Waals surface area (Å²) in [6, 6.07) is 6.61. The maximum Gasteiger partial charge on any atom is 0.346 e. The molecule has 0 spiro atoms. The topological polar surface area (TPSA) is 70.1 Å². The van der Waals surface area contributed by atoms with Gasteiger partial charge in [-0.3, -0.25) is 4.90 Å². The molecule has 20 heavy (non-hydrogen) atoms. The molecule has 0 bridgehead atoms. The van der Waals surface area contributed by atoms with Crippen LogP contribution in [0.2, 0.25) is 0 Å². The minimum absolute atomic E-state index is 0.0212. The second kappa shape index (κ2) is 5.64. The molecule has 2 amide bonds. The summed E-state index contributed by atoms with van der Waals surface area (Å²) in [6.07, 6.45) is 0.546. The molecular weight excluding hydrogens is 260 g/mol. The summed E-state index contributed by atoms with van der Waals surface area (Å²) in [5.74, 6) is -0.699. The Morgan fingerprint density at radius 1 is 1.55 bits per heavy atom. The number of urea groups is 1. The summed E-state index contributed by atoms with van der Waals surface area (Å²) in [7, 11) is 1.64. The van der Waals surface area contributed by atoms with Gasteiger partial charge in [-0.2, -0.15) is 0 Å². The number of anilines is 1. The van der Waals surface area contributed by atoms with Crippen LogP contribution in [0.1, 0.15) is 0 Å². The highest BCUT2D eigenvalue weighted by molar-refractivity contribution is 5.95. The van der Waals surface area contributed by atoms with Gasteiger partial charge >= 0.3 is 12.0 Å². The fraction of sp³-hybridized carbons (Fsp3) is 0.286. The lowest BCUT2D eigenvalue weighted by Crippen LogP contribution is -2.50. The van der Waals surface area contributed by atoms with Crippen LogP contribution in [-0.4, -0.2) is 48.2 Å². The molecule has 1 unspecified atom stereocenters. The van der Waals surface area contributed by atoms with Crippen LogP contribution in [0.3, 0.4) is 0 Å². The van der Waals surface area contributed by atoms with Gasteiger partial charge in [-0.1, -0.05) is 18.2 Å². The van der Waals surface area contributed by atoms with Crippen molar-refractivity contribution in [3.05, 3.63) is 36.9 Å². The van der Waals surface area contributed by atoms with Gasteiger partial charge in [-0.05, 0) is 12.1 Å². The number of benzene rings is 1. The Balaban J connectivity index is 2.33. The summed E-state index contributed by atoms with van der Waals surface area (Å²) in [6.45, 7) is 3.95. The van der Waals surface area contributed by atoms with Crippen LogP contribution >= 0.6 is 0 Å². The van der Waals surface area contributed by atoms with Gasteiger partial charge < -0.3 is 14.7 Å². The maximum absolute atomic E-state index is 12.4. The molecule has 0 radical (unpaired) electrons. The highest BCUT2D eigenvalue weighted by Gasteiger charge is 2.34. The molecule has 1 aromatic rings. The SMILES string of the molecule is C=CCN(C)C(=O)N1CC(C(=O)O)Oc2ccccc21.